The van der Waals surface area contributed by atoms with Crippen LogP contribution < -0.4 is 18.9 Å². The summed E-state index contributed by atoms with van der Waals surface area (Å²) in [4.78, 5) is 0.0121. The van der Waals surface area contributed by atoms with E-state index in [1.54, 1.807) is 6.07 Å². The number of nitrogens with one attached hydrogen (secondary N) is 2. The number of ether oxygens (including phenoxy) is 2. The molecule has 1 heterocycles. The van der Waals surface area contributed by atoms with Gasteiger partial charge in [-0.05, 0) is 60.7 Å². The second kappa shape index (κ2) is 9.01. The summed E-state index contributed by atoms with van der Waals surface area (Å²) in [5, 5.41) is 8.83. The van der Waals surface area contributed by atoms with Crippen molar-refractivity contribution in [1.29, 1.82) is 5.26 Å². The lowest BCUT2D eigenvalue weighted by atomic mass is 10.2. The number of fused-ring (bicyclic) bond motifs is 1. The number of rotatable bonds is 6. The van der Waals surface area contributed by atoms with Gasteiger partial charge in [-0.15, -0.1) is 0 Å². The molecule has 0 saturated heterocycles. The van der Waals surface area contributed by atoms with Crippen LogP contribution in [0.25, 0.3) is 0 Å². The third kappa shape index (κ3) is 5.19. The Morgan fingerprint density at radius 1 is 0.697 bits per heavy atom. The molecule has 1 aliphatic rings. The average molecular weight is 486 g/mol. The smallest absolute Gasteiger partial charge is 0.262 e. The van der Waals surface area contributed by atoms with Crippen LogP contribution in [0.3, 0.4) is 0 Å². The van der Waals surface area contributed by atoms with Crippen molar-refractivity contribution < 1.29 is 26.3 Å². The molecule has 0 unspecified atom stereocenters. The van der Waals surface area contributed by atoms with Crippen LogP contribution in [-0.2, 0) is 20.0 Å². The van der Waals surface area contributed by atoms with Gasteiger partial charge in [-0.1, -0.05) is 0 Å². The predicted molar refractivity (Wildman–Crippen MR) is 121 cm³/mol. The van der Waals surface area contributed by atoms with E-state index in [1.165, 1.54) is 60.7 Å². The Labute approximate surface area is 191 Å². The van der Waals surface area contributed by atoms with Crippen molar-refractivity contribution in [3.05, 3.63) is 72.3 Å². The van der Waals surface area contributed by atoms with Crippen molar-refractivity contribution in [3.8, 4) is 17.6 Å². The first-order valence-electron chi connectivity index (χ1n) is 9.82. The fraction of sp³-hybridized carbons (Fsp3) is 0.136. The number of nitriles is 1. The average Bonchev–Trinajstić information content (AvgIpc) is 3.05. The van der Waals surface area contributed by atoms with Crippen molar-refractivity contribution >= 4 is 31.4 Å². The summed E-state index contributed by atoms with van der Waals surface area (Å²) in [6, 6.07) is 17.5. The molecule has 11 heteroatoms. The van der Waals surface area contributed by atoms with Crippen LogP contribution in [0.2, 0.25) is 0 Å². The van der Waals surface area contributed by atoms with E-state index in [4.69, 9.17) is 14.7 Å². The molecule has 3 aromatic carbocycles. The lowest BCUT2D eigenvalue weighted by Crippen LogP contribution is -2.14. The molecule has 2 N–H and O–H groups in total. The van der Waals surface area contributed by atoms with Gasteiger partial charge >= 0.3 is 0 Å². The molecule has 0 aliphatic carbocycles. The second-order valence-electron chi connectivity index (χ2n) is 7.08. The van der Waals surface area contributed by atoms with E-state index in [-0.39, 0.29) is 21.2 Å². The molecule has 4 rings (SSSR count). The summed E-state index contributed by atoms with van der Waals surface area (Å²) in [7, 11) is -7.77. The van der Waals surface area contributed by atoms with E-state index in [0.29, 0.717) is 36.7 Å². The van der Waals surface area contributed by atoms with Crippen LogP contribution in [0.4, 0.5) is 11.4 Å². The quantitative estimate of drug-likeness (QED) is 0.547. The first-order chi connectivity index (χ1) is 15.8. The van der Waals surface area contributed by atoms with Gasteiger partial charge < -0.3 is 9.47 Å². The normalized spacial score (nSPS) is 13.4. The van der Waals surface area contributed by atoms with Gasteiger partial charge in [0.05, 0.1) is 34.6 Å². The monoisotopic (exact) mass is 485 g/mol. The fourth-order valence-electron chi connectivity index (χ4n) is 3.05. The van der Waals surface area contributed by atoms with Crippen molar-refractivity contribution in [1.82, 2.24) is 0 Å². The molecule has 3 aromatic rings. The van der Waals surface area contributed by atoms with E-state index in [2.05, 4.69) is 9.44 Å². The van der Waals surface area contributed by atoms with E-state index in [0.717, 1.165) is 0 Å². The number of nitrogens with zero attached hydrogens (tertiary/aromatic N) is 1. The molecule has 170 valence electrons. The number of sulfonamides is 2. The highest BCUT2D eigenvalue weighted by atomic mass is 32.2. The van der Waals surface area contributed by atoms with Gasteiger partial charge in [-0.25, -0.2) is 16.8 Å². The molecule has 9 nitrogen and oxygen atoms in total. The van der Waals surface area contributed by atoms with Gasteiger partial charge in [-0.3, -0.25) is 9.44 Å². The van der Waals surface area contributed by atoms with Gasteiger partial charge in [0.2, 0.25) is 0 Å². The minimum absolute atomic E-state index is 0.000637. The number of hydrogen-bond donors (Lipinski definition) is 2. The molecule has 0 amide bonds. The predicted octanol–water partition coefficient (Wildman–Crippen LogP) is 3.32. The van der Waals surface area contributed by atoms with Gasteiger partial charge in [0, 0.05) is 23.9 Å². The summed E-state index contributed by atoms with van der Waals surface area (Å²) in [6.45, 7) is 0.933. The standard InChI is InChI=1S/C22H19N3O6S2/c23-15-16-2-8-19(9-3-16)32(26,27)24-17-4-6-18(7-5-17)25-33(28,29)20-10-11-21-22(14-20)31-13-1-12-30-21/h2-11,14,24-25H,1,12-13H2. The first kappa shape index (κ1) is 22.4. The van der Waals surface area contributed by atoms with Gasteiger partial charge in [0.1, 0.15) is 0 Å². The third-order valence-electron chi connectivity index (χ3n) is 4.71. The Balaban J connectivity index is 1.48. The molecule has 0 fully saturated rings. The maximum atomic E-state index is 12.8. The topological polar surface area (TPSA) is 135 Å². The third-order valence-corrected chi connectivity index (χ3v) is 7.49. The maximum absolute atomic E-state index is 12.8. The Morgan fingerprint density at radius 3 is 1.79 bits per heavy atom. The Hall–Kier alpha value is -3.75. The highest BCUT2D eigenvalue weighted by molar-refractivity contribution is 7.93. The van der Waals surface area contributed by atoms with Crippen LogP contribution in [-0.4, -0.2) is 30.0 Å². The summed E-state index contributed by atoms with van der Waals surface area (Å²) in [5.74, 6) is 0.855. The fourth-order valence-corrected chi connectivity index (χ4v) is 5.19. The van der Waals surface area contributed by atoms with Crippen LogP contribution in [0.1, 0.15) is 12.0 Å². The second-order valence-corrected chi connectivity index (χ2v) is 10.4. The van der Waals surface area contributed by atoms with Gasteiger partial charge in [-0.2, -0.15) is 5.26 Å². The lowest BCUT2D eigenvalue weighted by molar-refractivity contribution is 0.297. The van der Waals surface area contributed by atoms with Crippen LogP contribution >= 0.6 is 0 Å². The molecule has 0 spiro atoms. The summed E-state index contributed by atoms with van der Waals surface area (Å²) in [6.07, 6.45) is 0.705. The van der Waals surface area contributed by atoms with E-state index >= 15 is 0 Å². The zero-order valence-electron chi connectivity index (χ0n) is 17.2. The lowest BCUT2D eigenvalue weighted by Gasteiger charge is -2.12. The van der Waals surface area contributed by atoms with Crippen LogP contribution in [0.15, 0.2) is 76.5 Å². The van der Waals surface area contributed by atoms with E-state index < -0.39 is 20.0 Å². The molecule has 0 bridgehead atoms. The van der Waals surface area contributed by atoms with Crippen LogP contribution in [0.5, 0.6) is 11.5 Å². The highest BCUT2D eigenvalue weighted by Gasteiger charge is 2.19. The van der Waals surface area contributed by atoms with Crippen molar-refractivity contribution in [2.75, 3.05) is 22.7 Å². The Morgan fingerprint density at radius 2 is 1.21 bits per heavy atom. The van der Waals surface area contributed by atoms with Crippen molar-refractivity contribution in [2.24, 2.45) is 0 Å². The molecule has 0 aromatic heterocycles. The Bertz CT molecular complexity index is 1410. The molecular weight excluding hydrogens is 466 g/mol. The van der Waals surface area contributed by atoms with Crippen molar-refractivity contribution in [3.63, 3.8) is 0 Å². The number of hydrogen-bond acceptors (Lipinski definition) is 7. The SMILES string of the molecule is N#Cc1ccc(S(=O)(=O)Nc2ccc(NS(=O)(=O)c3ccc4c(c3)OCCCO4)cc2)cc1. The summed E-state index contributed by atoms with van der Waals surface area (Å²) < 4.78 is 66.5. The molecule has 0 saturated carbocycles. The van der Waals surface area contributed by atoms with Crippen molar-refractivity contribution in [2.45, 2.75) is 16.2 Å². The van der Waals surface area contributed by atoms with Crippen LogP contribution in [0, 0.1) is 11.3 Å². The zero-order chi connectivity index (χ0) is 23.5. The molecular formula is C22H19N3O6S2. The highest BCUT2D eigenvalue weighted by Crippen LogP contribution is 2.32. The molecule has 0 atom stereocenters. The molecule has 33 heavy (non-hydrogen) atoms. The molecule has 1 aliphatic heterocycles. The largest absolute Gasteiger partial charge is 0.490 e. The van der Waals surface area contributed by atoms with E-state index in [1.807, 2.05) is 6.07 Å². The van der Waals surface area contributed by atoms with E-state index in [9.17, 15) is 16.8 Å². The first-order valence-corrected chi connectivity index (χ1v) is 12.8. The zero-order valence-corrected chi connectivity index (χ0v) is 18.8. The summed E-state index contributed by atoms with van der Waals surface area (Å²) >= 11 is 0. The van der Waals surface area contributed by atoms with Gasteiger partial charge in [0.25, 0.3) is 20.0 Å². The maximum Gasteiger partial charge on any atom is 0.262 e. The minimum Gasteiger partial charge on any atom is -0.490 e. The summed E-state index contributed by atoms with van der Waals surface area (Å²) in [5.41, 5.74) is 0.848. The molecule has 0 radical (unpaired) electrons. The number of benzene rings is 3. The number of anilines is 2. The Kier molecular flexibility index (Phi) is 6.13. The minimum atomic E-state index is -3.91. The van der Waals surface area contributed by atoms with Gasteiger partial charge in [0.15, 0.2) is 11.5 Å².